The van der Waals surface area contributed by atoms with Gasteiger partial charge in [-0.2, -0.15) is 0 Å². The van der Waals surface area contributed by atoms with Gasteiger partial charge in [-0.05, 0) is 41.0 Å². The minimum atomic E-state index is -0.0556. The zero-order valence-electron chi connectivity index (χ0n) is 15.5. The summed E-state index contributed by atoms with van der Waals surface area (Å²) in [6, 6.07) is 0.224. The SMILES string of the molecule is CO[C@@H]1C[C@@H](c2nc(C)c(C)[nH]2)N(Cc2cn(C(C)(C)C)nn2)C1. The lowest BCUT2D eigenvalue weighted by molar-refractivity contribution is 0.107. The highest BCUT2D eigenvalue weighted by atomic mass is 16.5. The van der Waals surface area contributed by atoms with Crippen LogP contribution in [0.2, 0.25) is 0 Å². The summed E-state index contributed by atoms with van der Waals surface area (Å²) in [7, 11) is 1.78. The first kappa shape index (κ1) is 17.1. The smallest absolute Gasteiger partial charge is 0.124 e. The van der Waals surface area contributed by atoms with Crippen LogP contribution in [0.4, 0.5) is 0 Å². The van der Waals surface area contributed by atoms with E-state index in [1.54, 1.807) is 7.11 Å². The number of likely N-dealkylation sites (tertiary alicyclic amines) is 1. The topological polar surface area (TPSA) is 71.9 Å². The molecular formula is C17H28N6O. The van der Waals surface area contributed by atoms with Gasteiger partial charge < -0.3 is 9.72 Å². The molecule has 0 spiro atoms. The maximum absolute atomic E-state index is 5.60. The summed E-state index contributed by atoms with van der Waals surface area (Å²) in [4.78, 5) is 10.5. The van der Waals surface area contributed by atoms with Crippen molar-refractivity contribution in [2.24, 2.45) is 0 Å². The van der Waals surface area contributed by atoms with Crippen molar-refractivity contribution in [3.8, 4) is 0 Å². The number of hydrogen-bond acceptors (Lipinski definition) is 5. The molecule has 0 aliphatic carbocycles. The molecule has 1 N–H and O–H groups in total. The number of aromatic nitrogens is 5. The fraction of sp³-hybridized carbons (Fsp3) is 0.706. The first-order chi connectivity index (χ1) is 11.3. The van der Waals surface area contributed by atoms with Crippen LogP contribution in [-0.4, -0.2) is 49.6 Å². The Hall–Kier alpha value is -1.73. The van der Waals surface area contributed by atoms with Crippen molar-refractivity contribution >= 4 is 0 Å². The molecule has 1 saturated heterocycles. The van der Waals surface area contributed by atoms with Crippen LogP contribution in [0.15, 0.2) is 6.20 Å². The third kappa shape index (κ3) is 3.37. The minimum Gasteiger partial charge on any atom is -0.380 e. The number of hydrogen-bond donors (Lipinski definition) is 1. The van der Waals surface area contributed by atoms with Crippen LogP contribution in [0.3, 0.4) is 0 Å². The predicted molar refractivity (Wildman–Crippen MR) is 91.6 cm³/mol. The molecular weight excluding hydrogens is 304 g/mol. The molecule has 2 aromatic heterocycles. The van der Waals surface area contributed by atoms with Crippen molar-refractivity contribution in [1.29, 1.82) is 0 Å². The average Bonchev–Trinajstić information content (AvgIpc) is 3.19. The highest BCUT2D eigenvalue weighted by molar-refractivity contribution is 5.15. The minimum absolute atomic E-state index is 0.0556. The molecule has 0 aromatic carbocycles. The van der Waals surface area contributed by atoms with Gasteiger partial charge in [0.2, 0.25) is 0 Å². The van der Waals surface area contributed by atoms with E-state index in [-0.39, 0.29) is 17.7 Å². The molecule has 1 aliphatic rings. The number of imidazole rings is 1. The summed E-state index contributed by atoms with van der Waals surface area (Å²) in [6.07, 6.45) is 3.20. The molecule has 0 amide bonds. The molecule has 132 valence electrons. The van der Waals surface area contributed by atoms with E-state index in [9.17, 15) is 0 Å². The molecule has 3 heterocycles. The molecule has 1 fully saturated rings. The van der Waals surface area contributed by atoms with E-state index in [1.807, 2.05) is 17.8 Å². The number of H-pyrrole nitrogens is 1. The molecule has 0 saturated carbocycles. The van der Waals surface area contributed by atoms with Crippen LogP contribution >= 0.6 is 0 Å². The number of aromatic amines is 1. The molecule has 7 nitrogen and oxygen atoms in total. The number of rotatable bonds is 4. The number of nitrogens with one attached hydrogen (secondary N) is 1. The summed E-state index contributed by atoms with van der Waals surface area (Å²) in [5, 5.41) is 8.62. The Bertz CT molecular complexity index is 679. The van der Waals surface area contributed by atoms with Crippen LogP contribution in [0.1, 0.15) is 56.1 Å². The Kier molecular flexibility index (Phi) is 4.48. The highest BCUT2D eigenvalue weighted by Crippen LogP contribution is 2.33. The lowest BCUT2D eigenvalue weighted by Crippen LogP contribution is -2.25. The van der Waals surface area contributed by atoms with Gasteiger partial charge in [-0.25, -0.2) is 9.67 Å². The standard InChI is InChI=1S/C17H28N6O/c1-11-12(2)19-16(18-11)15-7-14(24-6)10-22(15)8-13-9-23(21-20-13)17(3,4)5/h9,14-15H,7-8,10H2,1-6H3,(H,18,19)/t14-,15+/m1/s1. The molecule has 0 unspecified atom stereocenters. The normalized spacial score (nSPS) is 22.4. The number of aryl methyl sites for hydroxylation is 2. The number of ether oxygens (including phenoxy) is 1. The molecule has 7 heteroatoms. The van der Waals surface area contributed by atoms with E-state index in [0.29, 0.717) is 0 Å². The number of nitrogens with zero attached hydrogens (tertiary/aromatic N) is 5. The van der Waals surface area contributed by atoms with Gasteiger partial charge in [-0.3, -0.25) is 4.90 Å². The zero-order chi connectivity index (χ0) is 17.5. The van der Waals surface area contributed by atoms with E-state index in [1.165, 1.54) is 0 Å². The molecule has 1 aliphatic heterocycles. The maximum atomic E-state index is 5.60. The maximum Gasteiger partial charge on any atom is 0.124 e. The quantitative estimate of drug-likeness (QED) is 0.930. The predicted octanol–water partition coefficient (Wildman–Crippen LogP) is 2.34. The fourth-order valence-corrected chi connectivity index (χ4v) is 3.13. The zero-order valence-corrected chi connectivity index (χ0v) is 15.5. The molecule has 3 rings (SSSR count). The second-order valence-corrected chi connectivity index (χ2v) is 7.70. The lowest BCUT2D eigenvalue weighted by atomic mass is 10.1. The third-order valence-electron chi connectivity index (χ3n) is 4.75. The van der Waals surface area contributed by atoms with Crippen molar-refractivity contribution in [2.75, 3.05) is 13.7 Å². The highest BCUT2D eigenvalue weighted by Gasteiger charge is 2.35. The summed E-state index contributed by atoms with van der Waals surface area (Å²) < 4.78 is 7.52. The summed E-state index contributed by atoms with van der Waals surface area (Å²) in [6.45, 7) is 12.1. The van der Waals surface area contributed by atoms with Crippen molar-refractivity contribution in [1.82, 2.24) is 29.9 Å². The Balaban J connectivity index is 1.80. The van der Waals surface area contributed by atoms with Gasteiger partial charge in [0, 0.05) is 25.9 Å². The lowest BCUT2D eigenvalue weighted by Gasteiger charge is -2.21. The fourth-order valence-electron chi connectivity index (χ4n) is 3.13. The van der Waals surface area contributed by atoms with Gasteiger partial charge in [0.25, 0.3) is 0 Å². The average molecular weight is 332 g/mol. The van der Waals surface area contributed by atoms with Gasteiger partial charge in [0.15, 0.2) is 0 Å². The third-order valence-corrected chi connectivity index (χ3v) is 4.75. The van der Waals surface area contributed by atoms with Crippen LogP contribution in [0.25, 0.3) is 0 Å². The van der Waals surface area contributed by atoms with Crippen molar-refractivity contribution in [2.45, 2.75) is 65.3 Å². The summed E-state index contributed by atoms with van der Waals surface area (Å²) >= 11 is 0. The molecule has 24 heavy (non-hydrogen) atoms. The van der Waals surface area contributed by atoms with E-state index >= 15 is 0 Å². The number of methoxy groups -OCH3 is 1. The van der Waals surface area contributed by atoms with Gasteiger partial charge >= 0.3 is 0 Å². The second kappa shape index (κ2) is 6.29. The largest absolute Gasteiger partial charge is 0.380 e. The Morgan fingerprint density at radius 1 is 1.33 bits per heavy atom. The van der Waals surface area contributed by atoms with Crippen LogP contribution in [-0.2, 0) is 16.8 Å². The van der Waals surface area contributed by atoms with Gasteiger partial charge in [-0.1, -0.05) is 5.21 Å². The van der Waals surface area contributed by atoms with Crippen molar-refractivity contribution < 1.29 is 4.74 Å². The van der Waals surface area contributed by atoms with Crippen LogP contribution in [0, 0.1) is 13.8 Å². The van der Waals surface area contributed by atoms with Crippen LogP contribution in [0.5, 0.6) is 0 Å². The molecule has 2 aromatic rings. The van der Waals surface area contributed by atoms with Gasteiger partial charge in [0.05, 0.1) is 35.3 Å². The van der Waals surface area contributed by atoms with E-state index in [4.69, 9.17) is 9.72 Å². The molecule has 0 bridgehead atoms. The first-order valence-electron chi connectivity index (χ1n) is 8.49. The first-order valence-corrected chi connectivity index (χ1v) is 8.49. The molecule has 2 atom stereocenters. The van der Waals surface area contributed by atoms with E-state index in [2.05, 4.69) is 47.9 Å². The molecule has 0 radical (unpaired) electrons. The van der Waals surface area contributed by atoms with Crippen LogP contribution < -0.4 is 0 Å². The van der Waals surface area contributed by atoms with Crippen molar-refractivity contribution in [3.05, 3.63) is 29.1 Å². The monoisotopic (exact) mass is 332 g/mol. The van der Waals surface area contributed by atoms with Gasteiger partial charge in [0.1, 0.15) is 5.82 Å². The Labute approximate surface area is 143 Å². The summed E-state index contributed by atoms with van der Waals surface area (Å²) in [5.74, 6) is 1.02. The Morgan fingerprint density at radius 3 is 2.62 bits per heavy atom. The Morgan fingerprint density at radius 2 is 2.08 bits per heavy atom. The van der Waals surface area contributed by atoms with E-state index in [0.717, 1.165) is 42.4 Å². The summed E-state index contributed by atoms with van der Waals surface area (Å²) in [5.41, 5.74) is 3.11. The van der Waals surface area contributed by atoms with E-state index < -0.39 is 0 Å². The van der Waals surface area contributed by atoms with Gasteiger partial charge in [-0.15, -0.1) is 5.10 Å². The van der Waals surface area contributed by atoms with Crippen molar-refractivity contribution in [3.63, 3.8) is 0 Å². The second-order valence-electron chi connectivity index (χ2n) is 7.70.